The van der Waals surface area contributed by atoms with Gasteiger partial charge in [0.15, 0.2) is 10.4 Å². The van der Waals surface area contributed by atoms with Gasteiger partial charge in [-0.2, -0.15) is 0 Å². The van der Waals surface area contributed by atoms with E-state index in [2.05, 4.69) is 15.6 Å². The van der Waals surface area contributed by atoms with Crippen LogP contribution in [-0.2, 0) is 14.3 Å². The molecule has 150 valence electrons. The highest BCUT2D eigenvalue weighted by atomic mass is 32.2. The summed E-state index contributed by atoms with van der Waals surface area (Å²) in [6.45, 7) is 1.45. The first-order valence-corrected chi connectivity index (χ1v) is 11.1. The Kier molecular flexibility index (Phi) is 7.27. The van der Waals surface area contributed by atoms with Gasteiger partial charge in [0.1, 0.15) is 0 Å². The highest BCUT2D eigenvalue weighted by Gasteiger charge is 2.22. The van der Waals surface area contributed by atoms with E-state index in [1.807, 2.05) is 24.3 Å². The molecule has 1 fully saturated rings. The lowest BCUT2D eigenvalue weighted by Crippen LogP contribution is -2.48. The van der Waals surface area contributed by atoms with Crippen molar-refractivity contribution in [3.63, 3.8) is 0 Å². The number of nitrogens with one attached hydrogen (secondary N) is 2. The summed E-state index contributed by atoms with van der Waals surface area (Å²) in [6, 6.07) is 7.30. The van der Waals surface area contributed by atoms with Crippen LogP contribution in [0.4, 0.5) is 4.79 Å². The van der Waals surface area contributed by atoms with Crippen molar-refractivity contribution >= 4 is 51.2 Å². The van der Waals surface area contributed by atoms with Gasteiger partial charge in [-0.05, 0) is 31.9 Å². The third-order valence-corrected chi connectivity index (χ3v) is 6.60. The summed E-state index contributed by atoms with van der Waals surface area (Å²) in [7, 11) is 0. The molecule has 28 heavy (non-hydrogen) atoms. The molecule has 1 saturated carbocycles. The molecule has 1 aromatic carbocycles. The number of benzene rings is 1. The van der Waals surface area contributed by atoms with Gasteiger partial charge < -0.3 is 10.1 Å². The summed E-state index contributed by atoms with van der Waals surface area (Å²) in [5.74, 6) is -1.11. The Balaban J connectivity index is 1.40. The predicted molar refractivity (Wildman–Crippen MR) is 109 cm³/mol. The number of thioether (sulfide) groups is 1. The summed E-state index contributed by atoms with van der Waals surface area (Å²) in [5.41, 5.74) is 0.889. The van der Waals surface area contributed by atoms with Crippen molar-refractivity contribution in [2.45, 2.75) is 55.5 Å². The van der Waals surface area contributed by atoms with E-state index in [9.17, 15) is 14.4 Å². The molecule has 0 bridgehead atoms. The van der Waals surface area contributed by atoms with Crippen LogP contribution in [0.15, 0.2) is 28.6 Å². The SMILES string of the molecule is C[C@@H](OC(=O)CSc1nc2ccccc2s1)C(=O)NC(=O)NC1CCCCC1. The van der Waals surface area contributed by atoms with Gasteiger partial charge in [-0.3, -0.25) is 14.9 Å². The van der Waals surface area contributed by atoms with Gasteiger partial charge in [0.05, 0.1) is 16.0 Å². The van der Waals surface area contributed by atoms with Gasteiger partial charge in [0.2, 0.25) is 0 Å². The number of thiazole rings is 1. The van der Waals surface area contributed by atoms with Gasteiger partial charge in [-0.1, -0.05) is 43.2 Å². The van der Waals surface area contributed by atoms with Crippen LogP contribution < -0.4 is 10.6 Å². The first kappa shape index (κ1) is 20.6. The van der Waals surface area contributed by atoms with Crippen LogP contribution >= 0.6 is 23.1 Å². The van der Waals surface area contributed by atoms with Crippen LogP contribution in [0, 0.1) is 0 Å². The summed E-state index contributed by atoms with van der Waals surface area (Å²) in [4.78, 5) is 40.4. The lowest BCUT2D eigenvalue weighted by Gasteiger charge is -2.23. The highest BCUT2D eigenvalue weighted by Crippen LogP contribution is 2.29. The predicted octanol–water partition coefficient (Wildman–Crippen LogP) is 3.48. The van der Waals surface area contributed by atoms with Crippen molar-refractivity contribution in [3.05, 3.63) is 24.3 Å². The minimum Gasteiger partial charge on any atom is -0.452 e. The van der Waals surface area contributed by atoms with E-state index in [4.69, 9.17) is 4.74 Å². The second kappa shape index (κ2) is 9.88. The molecule has 0 unspecified atom stereocenters. The van der Waals surface area contributed by atoms with Crippen LogP contribution in [0.3, 0.4) is 0 Å². The number of fused-ring (bicyclic) bond motifs is 1. The van der Waals surface area contributed by atoms with Crippen molar-refractivity contribution < 1.29 is 19.1 Å². The average molecular weight is 422 g/mol. The third kappa shape index (κ3) is 5.93. The van der Waals surface area contributed by atoms with Crippen LogP contribution in [0.5, 0.6) is 0 Å². The Morgan fingerprint density at radius 2 is 2.00 bits per heavy atom. The zero-order valence-corrected chi connectivity index (χ0v) is 17.2. The molecule has 7 nitrogen and oxygen atoms in total. The quantitative estimate of drug-likeness (QED) is 0.547. The van der Waals surface area contributed by atoms with Crippen LogP contribution in [0.1, 0.15) is 39.0 Å². The molecular weight excluding hydrogens is 398 g/mol. The van der Waals surface area contributed by atoms with E-state index in [1.54, 1.807) is 0 Å². The van der Waals surface area contributed by atoms with E-state index in [-0.39, 0.29) is 11.8 Å². The van der Waals surface area contributed by atoms with E-state index >= 15 is 0 Å². The Morgan fingerprint density at radius 1 is 1.25 bits per heavy atom. The smallest absolute Gasteiger partial charge is 0.321 e. The second-order valence-corrected chi connectivity index (χ2v) is 8.92. The van der Waals surface area contributed by atoms with E-state index in [1.165, 1.54) is 36.4 Å². The molecule has 2 aromatic rings. The Labute approximate surface area is 171 Å². The van der Waals surface area contributed by atoms with Crippen LogP contribution in [0.2, 0.25) is 0 Å². The van der Waals surface area contributed by atoms with Crippen molar-refractivity contribution in [2.75, 3.05) is 5.75 Å². The van der Waals surface area contributed by atoms with Crippen molar-refractivity contribution in [1.29, 1.82) is 0 Å². The maximum atomic E-state index is 12.1. The van der Waals surface area contributed by atoms with Gasteiger partial charge in [0.25, 0.3) is 5.91 Å². The monoisotopic (exact) mass is 421 g/mol. The first-order valence-electron chi connectivity index (χ1n) is 9.30. The molecule has 3 amide bonds. The Hall–Kier alpha value is -2.13. The number of rotatable bonds is 6. The standard InChI is InChI=1S/C19H23N3O4S2/c1-12(17(24)22-18(25)20-13-7-3-2-4-8-13)26-16(23)11-27-19-21-14-9-5-6-10-15(14)28-19/h5-6,9-10,12-13H,2-4,7-8,11H2,1H3,(H2,20,22,24,25)/t12-/m1/s1. The highest BCUT2D eigenvalue weighted by molar-refractivity contribution is 8.01. The molecule has 1 aliphatic rings. The zero-order valence-electron chi connectivity index (χ0n) is 15.6. The molecule has 0 saturated heterocycles. The zero-order chi connectivity index (χ0) is 19.9. The molecule has 0 aliphatic heterocycles. The van der Waals surface area contributed by atoms with Crippen LogP contribution in [-0.4, -0.2) is 40.8 Å². The van der Waals surface area contributed by atoms with E-state index in [0.717, 1.165) is 40.2 Å². The summed E-state index contributed by atoms with van der Waals surface area (Å²) < 4.78 is 6.94. The number of urea groups is 1. The third-order valence-electron chi connectivity index (χ3n) is 4.44. The molecule has 1 heterocycles. The summed E-state index contributed by atoms with van der Waals surface area (Å²) in [5, 5.41) is 5.04. The van der Waals surface area contributed by atoms with Gasteiger partial charge in [0, 0.05) is 6.04 Å². The van der Waals surface area contributed by atoms with Gasteiger partial charge >= 0.3 is 12.0 Å². The molecule has 2 N–H and O–H groups in total. The lowest BCUT2D eigenvalue weighted by atomic mass is 9.96. The minimum absolute atomic E-state index is 0.0473. The largest absolute Gasteiger partial charge is 0.452 e. The minimum atomic E-state index is -1.04. The molecule has 0 spiro atoms. The second-order valence-electron chi connectivity index (χ2n) is 6.67. The van der Waals surface area contributed by atoms with Gasteiger partial charge in [-0.25, -0.2) is 9.78 Å². The number of para-hydroxylation sites is 1. The van der Waals surface area contributed by atoms with Crippen molar-refractivity contribution in [1.82, 2.24) is 15.6 Å². The number of hydrogen-bond donors (Lipinski definition) is 2. The topological polar surface area (TPSA) is 97.4 Å². The van der Waals surface area contributed by atoms with Crippen LogP contribution in [0.25, 0.3) is 10.2 Å². The fraction of sp³-hybridized carbons (Fsp3) is 0.474. The average Bonchev–Trinajstić information content (AvgIpc) is 3.10. The fourth-order valence-corrected chi connectivity index (χ4v) is 4.85. The molecular formula is C19H23N3O4S2. The number of carbonyl (C=O) groups excluding carboxylic acids is 3. The Morgan fingerprint density at radius 3 is 2.75 bits per heavy atom. The first-order chi connectivity index (χ1) is 13.5. The lowest BCUT2D eigenvalue weighted by molar-refractivity contribution is -0.151. The van der Waals surface area contributed by atoms with Gasteiger partial charge in [-0.15, -0.1) is 11.3 Å². The summed E-state index contributed by atoms with van der Waals surface area (Å²) in [6.07, 6.45) is 4.16. The normalized spacial score (nSPS) is 15.8. The Bertz CT molecular complexity index is 816. The number of hydrogen-bond acceptors (Lipinski definition) is 7. The molecule has 0 radical (unpaired) electrons. The number of esters is 1. The number of imide groups is 1. The number of amides is 3. The molecule has 3 rings (SSSR count). The van der Waals surface area contributed by atoms with Crippen molar-refractivity contribution in [3.8, 4) is 0 Å². The summed E-state index contributed by atoms with van der Waals surface area (Å²) >= 11 is 2.77. The maximum Gasteiger partial charge on any atom is 0.321 e. The van der Waals surface area contributed by atoms with Crippen molar-refractivity contribution in [2.24, 2.45) is 0 Å². The van der Waals surface area contributed by atoms with E-state index < -0.39 is 24.0 Å². The maximum absolute atomic E-state index is 12.1. The number of aromatic nitrogens is 1. The number of carbonyl (C=O) groups is 3. The fourth-order valence-electron chi connectivity index (χ4n) is 3.00. The van der Waals surface area contributed by atoms with E-state index in [0.29, 0.717) is 0 Å². The molecule has 1 atom stereocenters. The number of nitrogens with zero attached hydrogens (tertiary/aromatic N) is 1. The number of ether oxygens (including phenoxy) is 1. The molecule has 1 aromatic heterocycles. The molecule has 9 heteroatoms. The molecule has 1 aliphatic carbocycles.